The number of rotatable bonds is 8. The molecule has 0 aromatic carbocycles. The standard InChI is InChI=1S/C17H30N2O/c1-5-10-19(12-14-6-7-14)13-16-9-8-15(20-16)11-18-17(2,3)4/h8-9,14,18H,5-7,10-13H2,1-4H3. The molecule has 1 heterocycles. The zero-order chi connectivity index (χ0) is 14.6. The van der Waals surface area contributed by atoms with Crippen molar-refractivity contribution in [2.45, 2.75) is 65.6 Å². The molecule has 2 rings (SSSR count). The molecule has 114 valence electrons. The number of nitrogens with one attached hydrogen (secondary N) is 1. The van der Waals surface area contributed by atoms with E-state index in [4.69, 9.17) is 4.42 Å². The highest BCUT2D eigenvalue weighted by molar-refractivity contribution is 5.07. The molecule has 3 heteroatoms. The summed E-state index contributed by atoms with van der Waals surface area (Å²) in [5.41, 5.74) is 0.132. The van der Waals surface area contributed by atoms with E-state index in [1.54, 1.807) is 0 Å². The highest BCUT2D eigenvalue weighted by atomic mass is 16.3. The number of furan rings is 1. The normalized spacial score (nSPS) is 16.1. The third-order valence-electron chi connectivity index (χ3n) is 3.64. The molecule has 0 unspecified atom stereocenters. The van der Waals surface area contributed by atoms with Crippen molar-refractivity contribution < 1.29 is 4.42 Å². The molecule has 0 saturated heterocycles. The first-order valence-electron chi connectivity index (χ1n) is 8.01. The van der Waals surface area contributed by atoms with Gasteiger partial charge in [0.05, 0.1) is 13.1 Å². The Morgan fingerprint density at radius 2 is 1.95 bits per heavy atom. The first-order chi connectivity index (χ1) is 9.46. The summed E-state index contributed by atoms with van der Waals surface area (Å²) in [6.07, 6.45) is 4.05. The zero-order valence-electron chi connectivity index (χ0n) is 13.5. The van der Waals surface area contributed by atoms with Gasteiger partial charge in [-0.25, -0.2) is 0 Å². The predicted molar refractivity (Wildman–Crippen MR) is 83.6 cm³/mol. The van der Waals surface area contributed by atoms with Gasteiger partial charge in [-0.2, -0.15) is 0 Å². The summed E-state index contributed by atoms with van der Waals surface area (Å²) in [6, 6.07) is 4.24. The molecule has 0 aliphatic heterocycles. The van der Waals surface area contributed by atoms with Crippen molar-refractivity contribution in [3.05, 3.63) is 23.7 Å². The van der Waals surface area contributed by atoms with Crippen molar-refractivity contribution in [1.29, 1.82) is 0 Å². The van der Waals surface area contributed by atoms with E-state index in [1.807, 2.05) is 0 Å². The second-order valence-corrected chi connectivity index (χ2v) is 7.15. The Morgan fingerprint density at radius 1 is 1.25 bits per heavy atom. The molecule has 0 radical (unpaired) electrons. The van der Waals surface area contributed by atoms with Gasteiger partial charge in [0.1, 0.15) is 11.5 Å². The van der Waals surface area contributed by atoms with E-state index in [2.05, 4.69) is 50.0 Å². The van der Waals surface area contributed by atoms with Crippen molar-refractivity contribution in [3.63, 3.8) is 0 Å². The molecule has 0 atom stereocenters. The Morgan fingerprint density at radius 3 is 2.55 bits per heavy atom. The van der Waals surface area contributed by atoms with Gasteiger partial charge < -0.3 is 9.73 Å². The topological polar surface area (TPSA) is 28.4 Å². The first kappa shape index (κ1) is 15.6. The summed E-state index contributed by atoms with van der Waals surface area (Å²) < 4.78 is 5.95. The molecule has 1 aromatic heterocycles. The van der Waals surface area contributed by atoms with Crippen molar-refractivity contribution in [2.75, 3.05) is 13.1 Å². The molecule has 1 aliphatic rings. The van der Waals surface area contributed by atoms with Crippen LogP contribution in [-0.2, 0) is 13.1 Å². The molecule has 1 aromatic rings. The van der Waals surface area contributed by atoms with E-state index in [-0.39, 0.29) is 5.54 Å². The molecule has 0 bridgehead atoms. The molecule has 0 spiro atoms. The Bertz CT molecular complexity index is 401. The number of hydrogen-bond acceptors (Lipinski definition) is 3. The summed E-state index contributed by atoms with van der Waals surface area (Å²) in [6.45, 7) is 13.0. The van der Waals surface area contributed by atoms with Crippen molar-refractivity contribution in [1.82, 2.24) is 10.2 Å². The summed E-state index contributed by atoms with van der Waals surface area (Å²) in [7, 11) is 0. The van der Waals surface area contributed by atoms with Gasteiger partial charge in [0.25, 0.3) is 0 Å². The lowest BCUT2D eigenvalue weighted by Gasteiger charge is -2.20. The fourth-order valence-electron chi connectivity index (χ4n) is 2.39. The van der Waals surface area contributed by atoms with Crippen LogP contribution in [-0.4, -0.2) is 23.5 Å². The third-order valence-corrected chi connectivity index (χ3v) is 3.64. The van der Waals surface area contributed by atoms with E-state index in [0.29, 0.717) is 0 Å². The average molecular weight is 278 g/mol. The molecular formula is C17H30N2O. The van der Waals surface area contributed by atoms with Gasteiger partial charge in [0, 0.05) is 12.1 Å². The highest BCUT2D eigenvalue weighted by Crippen LogP contribution is 2.30. The van der Waals surface area contributed by atoms with Crippen LogP contribution in [0, 0.1) is 5.92 Å². The predicted octanol–water partition coefficient (Wildman–Crippen LogP) is 3.79. The quantitative estimate of drug-likeness (QED) is 0.784. The van der Waals surface area contributed by atoms with E-state index in [1.165, 1.54) is 32.4 Å². The second kappa shape index (κ2) is 6.77. The molecule has 1 fully saturated rings. The average Bonchev–Trinajstić information content (AvgIpc) is 3.04. The van der Waals surface area contributed by atoms with Gasteiger partial charge in [-0.15, -0.1) is 0 Å². The molecule has 1 saturated carbocycles. The Kier molecular flexibility index (Phi) is 5.28. The summed E-state index contributed by atoms with van der Waals surface area (Å²) >= 11 is 0. The van der Waals surface area contributed by atoms with E-state index in [0.717, 1.165) is 30.5 Å². The van der Waals surface area contributed by atoms with Crippen molar-refractivity contribution in [2.24, 2.45) is 5.92 Å². The summed E-state index contributed by atoms with van der Waals surface area (Å²) in [5.74, 6) is 3.08. The second-order valence-electron chi connectivity index (χ2n) is 7.15. The minimum Gasteiger partial charge on any atom is -0.463 e. The van der Waals surface area contributed by atoms with Crippen molar-refractivity contribution >= 4 is 0 Å². The monoisotopic (exact) mass is 278 g/mol. The lowest BCUT2D eigenvalue weighted by Crippen LogP contribution is -2.34. The largest absolute Gasteiger partial charge is 0.463 e. The fraction of sp³-hybridized carbons (Fsp3) is 0.765. The van der Waals surface area contributed by atoms with Gasteiger partial charge in [-0.1, -0.05) is 6.92 Å². The molecular weight excluding hydrogens is 248 g/mol. The van der Waals surface area contributed by atoms with Crippen LogP contribution in [0.15, 0.2) is 16.5 Å². The Labute approximate surface area is 123 Å². The third kappa shape index (κ3) is 5.68. The fourth-order valence-corrected chi connectivity index (χ4v) is 2.39. The first-order valence-corrected chi connectivity index (χ1v) is 8.01. The minimum atomic E-state index is 0.132. The van der Waals surface area contributed by atoms with Crippen LogP contribution in [0.5, 0.6) is 0 Å². The van der Waals surface area contributed by atoms with Gasteiger partial charge in [-0.3, -0.25) is 4.90 Å². The minimum absolute atomic E-state index is 0.132. The summed E-state index contributed by atoms with van der Waals surface area (Å²) in [4.78, 5) is 2.54. The lowest BCUT2D eigenvalue weighted by atomic mass is 10.1. The van der Waals surface area contributed by atoms with Gasteiger partial charge >= 0.3 is 0 Å². The van der Waals surface area contributed by atoms with Gasteiger partial charge in [0.2, 0.25) is 0 Å². The van der Waals surface area contributed by atoms with E-state index >= 15 is 0 Å². The lowest BCUT2D eigenvalue weighted by molar-refractivity contribution is 0.231. The van der Waals surface area contributed by atoms with E-state index < -0.39 is 0 Å². The van der Waals surface area contributed by atoms with Crippen LogP contribution in [0.2, 0.25) is 0 Å². The maximum absolute atomic E-state index is 5.95. The molecule has 0 amide bonds. The SMILES string of the molecule is CCCN(Cc1ccc(CNC(C)(C)C)o1)CC1CC1. The maximum atomic E-state index is 5.95. The molecule has 1 N–H and O–H groups in total. The van der Waals surface area contributed by atoms with Crippen LogP contribution >= 0.6 is 0 Å². The Balaban J connectivity index is 1.83. The van der Waals surface area contributed by atoms with E-state index in [9.17, 15) is 0 Å². The summed E-state index contributed by atoms with van der Waals surface area (Å²) in [5, 5.41) is 3.46. The van der Waals surface area contributed by atoms with Crippen molar-refractivity contribution in [3.8, 4) is 0 Å². The van der Waals surface area contributed by atoms with Crippen LogP contribution in [0.25, 0.3) is 0 Å². The van der Waals surface area contributed by atoms with Gasteiger partial charge in [0.15, 0.2) is 0 Å². The van der Waals surface area contributed by atoms with Gasteiger partial charge in [-0.05, 0) is 64.6 Å². The molecule has 20 heavy (non-hydrogen) atoms. The number of hydrogen-bond donors (Lipinski definition) is 1. The maximum Gasteiger partial charge on any atom is 0.118 e. The van der Waals surface area contributed by atoms with Crippen LogP contribution in [0.1, 0.15) is 58.5 Å². The molecule has 3 nitrogen and oxygen atoms in total. The van der Waals surface area contributed by atoms with Crippen LogP contribution in [0.4, 0.5) is 0 Å². The Hall–Kier alpha value is -0.800. The highest BCUT2D eigenvalue weighted by Gasteiger charge is 2.24. The van der Waals surface area contributed by atoms with Crippen LogP contribution in [0.3, 0.4) is 0 Å². The number of nitrogens with zero attached hydrogens (tertiary/aromatic N) is 1. The smallest absolute Gasteiger partial charge is 0.118 e. The molecule has 1 aliphatic carbocycles. The van der Waals surface area contributed by atoms with Crippen LogP contribution < -0.4 is 5.32 Å². The zero-order valence-corrected chi connectivity index (χ0v) is 13.5.